The maximum absolute atomic E-state index is 13.4. The summed E-state index contributed by atoms with van der Waals surface area (Å²) in [4.78, 5) is 27.7. The number of alkyl halides is 2. The van der Waals surface area contributed by atoms with E-state index in [0.29, 0.717) is 38.3 Å². The molecule has 1 unspecified atom stereocenters. The summed E-state index contributed by atoms with van der Waals surface area (Å²) in [6.45, 7) is 2.12. The molecule has 1 atom stereocenters. The van der Waals surface area contributed by atoms with E-state index in [9.17, 15) is 32.0 Å². The van der Waals surface area contributed by atoms with Gasteiger partial charge in [0.05, 0.1) is 25.1 Å². The number of nitrogens with zero attached hydrogens (tertiary/aromatic N) is 3. The molecule has 0 spiro atoms. The van der Waals surface area contributed by atoms with Gasteiger partial charge in [0.25, 0.3) is 0 Å². The second kappa shape index (κ2) is 16.6. The monoisotopic (exact) mass is 774 g/mol. The van der Waals surface area contributed by atoms with Gasteiger partial charge in [0.15, 0.2) is 11.5 Å². The normalized spacial score (nSPS) is 13.9. The van der Waals surface area contributed by atoms with E-state index in [4.69, 9.17) is 37.4 Å². The summed E-state index contributed by atoms with van der Waals surface area (Å²) < 4.78 is 74.1. The molecule has 4 rings (SSSR count). The Morgan fingerprint density at radius 2 is 1.67 bits per heavy atom. The van der Waals surface area contributed by atoms with Crippen molar-refractivity contribution in [1.29, 1.82) is 0 Å². The van der Waals surface area contributed by atoms with Gasteiger partial charge in [-0.25, -0.2) is 13.2 Å². The number of likely N-dealkylation sites (N-methyl/N-ethyl adjacent to an activating group) is 1. The first-order valence-electron chi connectivity index (χ1n) is 15.8. The van der Waals surface area contributed by atoms with E-state index >= 15 is 0 Å². The Labute approximate surface area is 305 Å². The van der Waals surface area contributed by atoms with Crippen LogP contribution < -0.4 is 18.5 Å². The van der Waals surface area contributed by atoms with Crippen LogP contribution in [0.4, 0.5) is 19.3 Å². The third-order valence-electron chi connectivity index (χ3n) is 7.37. The summed E-state index contributed by atoms with van der Waals surface area (Å²) in [6, 6.07) is 10.4. The third-order valence-corrected chi connectivity index (χ3v) is 9.05. The number of halogens is 4. The van der Waals surface area contributed by atoms with Crippen LogP contribution in [0, 0.1) is 5.92 Å². The number of carbonyl (C=O) groups excluding carboxylic acids is 2. The van der Waals surface area contributed by atoms with E-state index < -0.39 is 40.4 Å². The number of hydrogen-bond acceptors (Lipinski definition) is 10. The Morgan fingerprint density at radius 3 is 2.22 bits per heavy atom. The number of amides is 1. The van der Waals surface area contributed by atoms with Gasteiger partial charge in [0, 0.05) is 23.3 Å². The van der Waals surface area contributed by atoms with Crippen LogP contribution in [0.3, 0.4) is 0 Å². The zero-order valence-electron chi connectivity index (χ0n) is 28.6. The molecule has 12 nitrogen and oxygen atoms in total. The predicted octanol–water partition coefficient (Wildman–Crippen LogP) is 6.57. The number of benzene rings is 2. The van der Waals surface area contributed by atoms with Crippen molar-refractivity contribution in [3.8, 4) is 11.5 Å². The fourth-order valence-corrected chi connectivity index (χ4v) is 6.35. The largest absolute Gasteiger partial charge is 0.489 e. The zero-order valence-corrected chi connectivity index (χ0v) is 31.0. The molecule has 1 heterocycles. The minimum absolute atomic E-state index is 0.0407. The lowest BCUT2D eigenvalue weighted by Crippen LogP contribution is -2.40. The van der Waals surface area contributed by atoms with Crippen LogP contribution in [0.15, 0.2) is 54.9 Å². The SMILES string of the molecule is CN(CC(=O)OC(Cc1c(Cl)c[n+](O)cc1Cl)c1ccc(OC(F)F)c(OCC2CC2)c1)Cc1ccc(N(C(=O)OC(C)(C)C)S(C)(=O)=O)cc1. The van der Waals surface area contributed by atoms with E-state index in [1.807, 2.05) is 0 Å². The molecule has 1 aliphatic rings. The van der Waals surface area contributed by atoms with Crippen molar-refractivity contribution >= 4 is 51.0 Å². The maximum atomic E-state index is 13.4. The van der Waals surface area contributed by atoms with Crippen molar-refractivity contribution in [2.45, 2.75) is 64.9 Å². The summed E-state index contributed by atoms with van der Waals surface area (Å²) in [5.41, 5.74) is 0.599. The van der Waals surface area contributed by atoms with Crippen molar-refractivity contribution in [3.05, 3.63) is 81.6 Å². The molecule has 278 valence electrons. The molecule has 1 N–H and O–H groups in total. The summed E-state index contributed by atoms with van der Waals surface area (Å²) in [5, 5.41) is 10.0. The van der Waals surface area contributed by atoms with Crippen LogP contribution in [0.1, 0.15) is 56.4 Å². The number of carbonyl (C=O) groups is 2. The van der Waals surface area contributed by atoms with Gasteiger partial charge < -0.3 is 18.9 Å². The summed E-state index contributed by atoms with van der Waals surface area (Å²) in [5.74, 6) is -0.459. The van der Waals surface area contributed by atoms with Crippen LogP contribution in [0.25, 0.3) is 0 Å². The van der Waals surface area contributed by atoms with Crippen molar-refractivity contribution in [2.24, 2.45) is 5.92 Å². The average Bonchev–Trinajstić information content (AvgIpc) is 3.81. The predicted molar refractivity (Wildman–Crippen MR) is 184 cm³/mol. The van der Waals surface area contributed by atoms with Crippen LogP contribution in [-0.4, -0.2) is 69.3 Å². The highest BCUT2D eigenvalue weighted by atomic mass is 35.5. The van der Waals surface area contributed by atoms with Gasteiger partial charge in [0.1, 0.15) is 21.8 Å². The molecule has 1 aliphatic carbocycles. The molecule has 51 heavy (non-hydrogen) atoms. The molecule has 1 saturated carbocycles. The number of hydrogen-bond donors (Lipinski definition) is 1. The highest BCUT2D eigenvalue weighted by Crippen LogP contribution is 2.38. The fraction of sp³-hybridized carbons (Fsp3) is 0.441. The molecule has 1 fully saturated rings. The molecule has 3 aromatic rings. The van der Waals surface area contributed by atoms with Crippen LogP contribution >= 0.6 is 23.2 Å². The molecule has 1 aromatic heterocycles. The number of anilines is 1. The highest BCUT2D eigenvalue weighted by Gasteiger charge is 2.31. The first-order valence-corrected chi connectivity index (χ1v) is 18.4. The fourth-order valence-electron chi connectivity index (χ4n) is 4.93. The molecule has 17 heteroatoms. The summed E-state index contributed by atoms with van der Waals surface area (Å²) in [7, 11) is -2.35. The minimum Gasteiger partial charge on any atom is -0.489 e. The first kappa shape index (κ1) is 39.9. The van der Waals surface area contributed by atoms with Gasteiger partial charge in [-0.2, -0.15) is 13.1 Å². The molecule has 0 saturated heterocycles. The Balaban J connectivity index is 1.52. The highest BCUT2D eigenvalue weighted by molar-refractivity contribution is 7.92. The van der Waals surface area contributed by atoms with E-state index in [0.717, 1.165) is 19.1 Å². The smallest absolute Gasteiger partial charge is 0.428 e. The van der Waals surface area contributed by atoms with Gasteiger partial charge in [-0.3, -0.25) is 14.9 Å². The molecule has 0 bridgehead atoms. The van der Waals surface area contributed by atoms with Crippen LogP contribution in [0.2, 0.25) is 10.0 Å². The van der Waals surface area contributed by atoms with E-state index in [-0.39, 0.29) is 46.7 Å². The Morgan fingerprint density at radius 1 is 1.04 bits per heavy atom. The lowest BCUT2D eigenvalue weighted by Gasteiger charge is -2.26. The Bertz CT molecular complexity index is 1800. The van der Waals surface area contributed by atoms with Crippen molar-refractivity contribution < 1.29 is 55.7 Å². The molecule has 1 amide bonds. The maximum Gasteiger partial charge on any atom is 0.428 e. The van der Waals surface area contributed by atoms with Gasteiger partial charge in [-0.15, -0.1) is 0 Å². The second-order valence-electron chi connectivity index (χ2n) is 13.2. The van der Waals surface area contributed by atoms with Gasteiger partial charge >= 0.3 is 18.7 Å². The van der Waals surface area contributed by atoms with Crippen molar-refractivity contribution in [3.63, 3.8) is 0 Å². The van der Waals surface area contributed by atoms with Gasteiger partial charge in [-0.05, 0) is 82.0 Å². The molecule has 2 aromatic carbocycles. The molecular weight excluding hydrogens is 735 g/mol. The number of aromatic nitrogens is 1. The van der Waals surface area contributed by atoms with E-state index in [1.54, 1.807) is 44.9 Å². The average molecular weight is 776 g/mol. The number of esters is 1. The number of rotatable bonds is 15. The van der Waals surface area contributed by atoms with Crippen molar-refractivity contribution in [2.75, 3.05) is 30.8 Å². The number of sulfonamides is 1. The molecule has 0 radical (unpaired) electrons. The molecular formula is C34H40Cl2F2N3O9S+. The quantitative estimate of drug-likeness (QED) is 0.103. The van der Waals surface area contributed by atoms with Gasteiger partial charge in [-0.1, -0.05) is 41.4 Å². The lowest BCUT2D eigenvalue weighted by atomic mass is 10.0. The Hall–Kier alpha value is -3.92. The van der Waals surface area contributed by atoms with Gasteiger partial charge in [0.2, 0.25) is 22.4 Å². The van der Waals surface area contributed by atoms with Crippen molar-refractivity contribution in [1.82, 2.24) is 4.90 Å². The third kappa shape index (κ3) is 12.1. The van der Waals surface area contributed by atoms with E-state index in [1.165, 1.54) is 42.7 Å². The van der Waals surface area contributed by atoms with Crippen LogP contribution in [0.5, 0.6) is 11.5 Å². The minimum atomic E-state index is -4.01. The molecule has 0 aliphatic heterocycles. The lowest BCUT2D eigenvalue weighted by molar-refractivity contribution is -0.904. The summed E-state index contributed by atoms with van der Waals surface area (Å²) >= 11 is 12.8. The number of pyridine rings is 1. The van der Waals surface area contributed by atoms with Crippen LogP contribution in [-0.2, 0) is 37.3 Å². The summed E-state index contributed by atoms with van der Waals surface area (Å²) in [6.07, 6.45) is 3.15. The second-order valence-corrected chi connectivity index (χ2v) is 15.8. The standard InChI is InChI=1S/C34H40Cl2F2N3O9S/c1-34(2,3)50-33(43)41(51(5,45)46)24-11-8-21(9-12-24)16-39(4)19-31(42)48-29(15-25-26(35)17-40(44)18-27(25)36)23-10-13-28(49-32(37)38)30(14-23)47-20-22-6-7-22/h8-14,17-18,22,29,32,44H,6-7,15-16,19-20H2,1-5H3/q+1. The zero-order chi connectivity index (χ0) is 37.7. The topological polar surface area (TPSA) is 136 Å². The Kier molecular flexibility index (Phi) is 13.0. The number of ether oxygens (including phenoxy) is 4. The van der Waals surface area contributed by atoms with E-state index in [2.05, 4.69) is 4.74 Å². The first-order chi connectivity index (χ1) is 23.8.